The minimum absolute atomic E-state index is 0.0336. The number of hydrogen-bond donors (Lipinski definition) is 0. The SMILES string of the molecule is CCCCC(=O)c1noc(C)n1. The maximum Gasteiger partial charge on any atom is 0.238 e. The van der Waals surface area contributed by atoms with Crippen LogP contribution in [0.2, 0.25) is 0 Å². The predicted molar refractivity (Wildman–Crippen MR) is 42.9 cm³/mol. The summed E-state index contributed by atoms with van der Waals surface area (Å²) in [5.74, 6) is 0.615. The molecule has 4 heteroatoms. The molecule has 0 saturated heterocycles. The Bertz CT molecular complexity index is 268. The first-order valence-electron chi connectivity index (χ1n) is 4.07. The second-order valence-electron chi connectivity index (χ2n) is 2.66. The Morgan fingerprint density at radius 1 is 1.58 bits per heavy atom. The maximum atomic E-state index is 11.2. The minimum Gasteiger partial charge on any atom is -0.339 e. The zero-order valence-corrected chi connectivity index (χ0v) is 7.33. The lowest BCUT2D eigenvalue weighted by Gasteiger charge is -1.90. The van der Waals surface area contributed by atoms with Crippen LogP contribution in [-0.2, 0) is 0 Å². The molecule has 66 valence electrons. The molecule has 0 amide bonds. The van der Waals surface area contributed by atoms with Gasteiger partial charge in [0.15, 0.2) is 0 Å². The summed E-state index contributed by atoms with van der Waals surface area (Å²) in [5.41, 5.74) is 0. The fourth-order valence-corrected chi connectivity index (χ4v) is 0.862. The monoisotopic (exact) mass is 168 g/mol. The van der Waals surface area contributed by atoms with E-state index in [-0.39, 0.29) is 11.6 Å². The number of rotatable bonds is 4. The Kier molecular flexibility index (Phi) is 2.96. The second-order valence-corrected chi connectivity index (χ2v) is 2.66. The van der Waals surface area contributed by atoms with Gasteiger partial charge >= 0.3 is 0 Å². The van der Waals surface area contributed by atoms with Crippen LogP contribution >= 0.6 is 0 Å². The summed E-state index contributed by atoms with van der Waals surface area (Å²) < 4.78 is 4.68. The van der Waals surface area contributed by atoms with Crippen LogP contribution in [-0.4, -0.2) is 15.9 Å². The highest BCUT2D eigenvalue weighted by molar-refractivity contribution is 5.92. The lowest BCUT2D eigenvalue weighted by molar-refractivity contribution is 0.0967. The van der Waals surface area contributed by atoms with Crippen LogP contribution in [0, 0.1) is 6.92 Å². The summed E-state index contributed by atoms with van der Waals surface area (Å²) in [6, 6.07) is 0. The van der Waals surface area contributed by atoms with Gasteiger partial charge in [0.1, 0.15) is 0 Å². The van der Waals surface area contributed by atoms with Crippen molar-refractivity contribution in [3.05, 3.63) is 11.7 Å². The van der Waals surface area contributed by atoms with Crippen LogP contribution in [0.1, 0.15) is 42.7 Å². The van der Waals surface area contributed by atoms with Crippen molar-refractivity contribution in [1.29, 1.82) is 0 Å². The molecular formula is C8H12N2O2. The third-order valence-corrected chi connectivity index (χ3v) is 1.53. The third kappa shape index (κ3) is 2.15. The Balaban J connectivity index is 2.53. The molecule has 0 bridgehead atoms. The summed E-state index contributed by atoms with van der Waals surface area (Å²) in [4.78, 5) is 15.1. The normalized spacial score (nSPS) is 10.2. The molecule has 1 aromatic rings. The number of aromatic nitrogens is 2. The van der Waals surface area contributed by atoms with Crippen molar-refractivity contribution in [1.82, 2.24) is 10.1 Å². The molecule has 0 atom stereocenters. The highest BCUT2D eigenvalue weighted by Gasteiger charge is 2.11. The molecule has 1 aromatic heterocycles. The first kappa shape index (κ1) is 8.90. The van der Waals surface area contributed by atoms with Crippen LogP contribution in [0.4, 0.5) is 0 Å². The zero-order valence-electron chi connectivity index (χ0n) is 7.33. The largest absolute Gasteiger partial charge is 0.339 e. The van der Waals surface area contributed by atoms with Crippen molar-refractivity contribution in [2.24, 2.45) is 0 Å². The molecule has 0 aliphatic heterocycles. The lowest BCUT2D eigenvalue weighted by atomic mass is 10.2. The number of hydrogen-bond acceptors (Lipinski definition) is 4. The van der Waals surface area contributed by atoms with E-state index in [1.807, 2.05) is 6.92 Å². The Hall–Kier alpha value is -1.19. The van der Waals surface area contributed by atoms with Crippen LogP contribution in [0.3, 0.4) is 0 Å². The highest BCUT2D eigenvalue weighted by Crippen LogP contribution is 2.03. The van der Waals surface area contributed by atoms with Crippen molar-refractivity contribution in [3.63, 3.8) is 0 Å². The van der Waals surface area contributed by atoms with Gasteiger partial charge in [-0.3, -0.25) is 4.79 Å². The van der Waals surface area contributed by atoms with Crippen LogP contribution in [0.25, 0.3) is 0 Å². The molecule has 0 aliphatic carbocycles. The smallest absolute Gasteiger partial charge is 0.238 e. The van der Waals surface area contributed by atoms with Gasteiger partial charge in [-0.25, -0.2) is 0 Å². The van der Waals surface area contributed by atoms with Crippen molar-refractivity contribution in [2.45, 2.75) is 33.1 Å². The molecule has 0 aromatic carbocycles. The van der Waals surface area contributed by atoms with Gasteiger partial charge in [0.05, 0.1) is 0 Å². The van der Waals surface area contributed by atoms with E-state index < -0.39 is 0 Å². The predicted octanol–water partition coefficient (Wildman–Crippen LogP) is 1.75. The number of carbonyl (C=O) groups excluding carboxylic acids is 1. The van der Waals surface area contributed by atoms with E-state index in [0.29, 0.717) is 12.3 Å². The molecule has 0 saturated carbocycles. The molecule has 0 spiro atoms. The van der Waals surface area contributed by atoms with Gasteiger partial charge in [-0.05, 0) is 6.42 Å². The average molecular weight is 168 g/mol. The van der Waals surface area contributed by atoms with E-state index in [9.17, 15) is 4.79 Å². The highest BCUT2D eigenvalue weighted by atomic mass is 16.5. The van der Waals surface area contributed by atoms with E-state index >= 15 is 0 Å². The minimum atomic E-state index is -0.0336. The summed E-state index contributed by atoms with van der Waals surface area (Å²) in [7, 11) is 0. The molecule has 0 aliphatic rings. The topological polar surface area (TPSA) is 56.0 Å². The fraction of sp³-hybridized carbons (Fsp3) is 0.625. The van der Waals surface area contributed by atoms with Crippen LogP contribution in [0.15, 0.2) is 4.52 Å². The van der Waals surface area contributed by atoms with E-state index in [2.05, 4.69) is 14.7 Å². The molecule has 0 fully saturated rings. The summed E-state index contributed by atoms with van der Waals surface area (Å²) in [6.45, 7) is 3.71. The van der Waals surface area contributed by atoms with Crippen molar-refractivity contribution >= 4 is 5.78 Å². The number of carbonyl (C=O) groups is 1. The van der Waals surface area contributed by atoms with Crippen LogP contribution < -0.4 is 0 Å². The number of nitrogens with zero attached hydrogens (tertiary/aromatic N) is 2. The van der Waals surface area contributed by atoms with Gasteiger partial charge in [0, 0.05) is 13.3 Å². The van der Waals surface area contributed by atoms with Crippen molar-refractivity contribution in [3.8, 4) is 0 Å². The van der Waals surface area contributed by atoms with Gasteiger partial charge in [-0.1, -0.05) is 18.5 Å². The summed E-state index contributed by atoms with van der Waals surface area (Å²) >= 11 is 0. The molecule has 0 unspecified atom stereocenters. The van der Waals surface area contributed by atoms with Crippen LogP contribution in [0.5, 0.6) is 0 Å². The molecular weight excluding hydrogens is 156 g/mol. The van der Waals surface area contributed by atoms with Crippen molar-refractivity contribution < 1.29 is 9.32 Å². The van der Waals surface area contributed by atoms with E-state index in [0.717, 1.165) is 12.8 Å². The van der Waals surface area contributed by atoms with Gasteiger partial charge < -0.3 is 4.52 Å². The zero-order chi connectivity index (χ0) is 8.97. The number of unbranched alkanes of at least 4 members (excludes halogenated alkanes) is 1. The lowest BCUT2D eigenvalue weighted by Crippen LogP contribution is -2.00. The van der Waals surface area contributed by atoms with E-state index in [1.54, 1.807) is 6.92 Å². The van der Waals surface area contributed by atoms with E-state index in [1.165, 1.54) is 0 Å². The standard InChI is InChI=1S/C8H12N2O2/c1-3-4-5-7(11)8-9-6(2)12-10-8/h3-5H2,1-2H3. The molecule has 12 heavy (non-hydrogen) atoms. The Labute approximate surface area is 71.0 Å². The molecule has 4 nitrogen and oxygen atoms in total. The fourth-order valence-electron chi connectivity index (χ4n) is 0.862. The Morgan fingerprint density at radius 2 is 2.33 bits per heavy atom. The molecule has 0 N–H and O–H groups in total. The van der Waals surface area contributed by atoms with Gasteiger partial charge in [0.25, 0.3) is 0 Å². The Morgan fingerprint density at radius 3 is 2.83 bits per heavy atom. The van der Waals surface area contributed by atoms with Gasteiger partial charge in [0.2, 0.25) is 17.5 Å². The van der Waals surface area contributed by atoms with Gasteiger partial charge in [-0.2, -0.15) is 4.98 Å². The quantitative estimate of drug-likeness (QED) is 0.642. The second kappa shape index (κ2) is 3.99. The first-order valence-corrected chi connectivity index (χ1v) is 4.07. The van der Waals surface area contributed by atoms with E-state index in [4.69, 9.17) is 0 Å². The molecule has 1 rings (SSSR count). The molecule has 0 radical (unpaired) electrons. The summed E-state index contributed by atoms with van der Waals surface area (Å²) in [6.07, 6.45) is 2.39. The maximum absolute atomic E-state index is 11.2. The average Bonchev–Trinajstić information content (AvgIpc) is 2.47. The summed E-state index contributed by atoms with van der Waals surface area (Å²) in [5, 5.41) is 3.53. The third-order valence-electron chi connectivity index (χ3n) is 1.53. The first-order chi connectivity index (χ1) is 5.74. The number of aryl methyl sites for hydroxylation is 1. The number of ketones is 1. The molecule has 1 heterocycles. The van der Waals surface area contributed by atoms with Crippen molar-refractivity contribution in [2.75, 3.05) is 0 Å². The van der Waals surface area contributed by atoms with Gasteiger partial charge in [-0.15, -0.1) is 0 Å². The number of Topliss-reactive ketones (excluding diaryl/α,β-unsaturated/α-hetero) is 1.